The Morgan fingerprint density at radius 1 is 0.571 bits per heavy atom. The van der Waals surface area contributed by atoms with Crippen LogP contribution < -0.4 is 10.6 Å². The highest BCUT2D eigenvalue weighted by atomic mass is 16.2. The predicted molar refractivity (Wildman–Crippen MR) is 120 cm³/mol. The van der Waals surface area contributed by atoms with Gasteiger partial charge in [-0.05, 0) is 64.2 Å². The lowest BCUT2D eigenvalue weighted by atomic mass is 10.1. The Kier molecular flexibility index (Phi) is 20.5. The van der Waals surface area contributed by atoms with E-state index in [9.17, 15) is 9.59 Å². The lowest BCUT2D eigenvalue weighted by molar-refractivity contribution is -0.123. The molecule has 0 spiro atoms. The molecule has 0 aromatic carbocycles. The topological polar surface area (TPSA) is 58.2 Å². The van der Waals surface area contributed by atoms with Crippen molar-refractivity contribution in [1.82, 2.24) is 10.6 Å². The van der Waals surface area contributed by atoms with Crippen molar-refractivity contribution in [3.05, 3.63) is 24.3 Å². The van der Waals surface area contributed by atoms with E-state index in [1.165, 1.54) is 12.8 Å². The van der Waals surface area contributed by atoms with Crippen LogP contribution >= 0.6 is 0 Å². The third kappa shape index (κ3) is 20.7. The van der Waals surface area contributed by atoms with Crippen LogP contribution in [0, 0.1) is 0 Å². The van der Waals surface area contributed by atoms with Crippen LogP contribution in [0.15, 0.2) is 24.3 Å². The fraction of sp³-hybridized carbons (Fsp3) is 0.750. The lowest BCUT2D eigenvalue weighted by Crippen LogP contribution is -2.25. The van der Waals surface area contributed by atoms with Crippen molar-refractivity contribution >= 4 is 11.8 Å². The standard InChI is InChI=1S/C24H44N2O2/c1-3-5-7-9-11-13-17-21-25-23(27)19-15-16-20-24(28)26-22-18-14-12-10-8-6-4-2/h5-8H,3-4,9-22H2,1-2H3,(H,25,27)(H,26,28)/b7-5+,8-6+. The van der Waals surface area contributed by atoms with Gasteiger partial charge in [-0.25, -0.2) is 0 Å². The molecule has 2 amide bonds. The summed E-state index contributed by atoms with van der Waals surface area (Å²) in [5, 5.41) is 5.95. The zero-order valence-electron chi connectivity index (χ0n) is 18.4. The van der Waals surface area contributed by atoms with E-state index in [0.29, 0.717) is 12.8 Å². The van der Waals surface area contributed by atoms with Crippen LogP contribution in [0.2, 0.25) is 0 Å². The highest BCUT2D eigenvalue weighted by Gasteiger charge is 2.03. The van der Waals surface area contributed by atoms with Crippen LogP contribution in [0.25, 0.3) is 0 Å². The van der Waals surface area contributed by atoms with Gasteiger partial charge in [-0.1, -0.05) is 51.0 Å². The number of nitrogens with one attached hydrogen (secondary N) is 2. The molecule has 0 aliphatic carbocycles. The van der Waals surface area contributed by atoms with Gasteiger partial charge in [0, 0.05) is 25.9 Å². The molecular weight excluding hydrogens is 348 g/mol. The second-order valence-electron chi connectivity index (χ2n) is 7.36. The minimum absolute atomic E-state index is 0.114. The SMILES string of the molecule is CC/C=C/CCCCCNC(=O)CCCCC(=O)NCCCCC/C=C/CC. The third-order valence-electron chi connectivity index (χ3n) is 4.60. The number of hydrogen-bond donors (Lipinski definition) is 2. The van der Waals surface area contributed by atoms with Gasteiger partial charge in [-0.15, -0.1) is 0 Å². The van der Waals surface area contributed by atoms with Crippen LogP contribution in [-0.2, 0) is 9.59 Å². The van der Waals surface area contributed by atoms with E-state index < -0.39 is 0 Å². The van der Waals surface area contributed by atoms with E-state index in [-0.39, 0.29) is 11.8 Å². The van der Waals surface area contributed by atoms with Crippen molar-refractivity contribution in [2.45, 2.75) is 104 Å². The minimum atomic E-state index is 0.114. The van der Waals surface area contributed by atoms with Crippen molar-refractivity contribution in [2.24, 2.45) is 0 Å². The van der Waals surface area contributed by atoms with E-state index in [4.69, 9.17) is 0 Å². The maximum Gasteiger partial charge on any atom is 0.219 e. The van der Waals surface area contributed by atoms with Gasteiger partial charge in [0.15, 0.2) is 0 Å². The quantitative estimate of drug-likeness (QED) is 0.214. The molecule has 0 aromatic rings. The van der Waals surface area contributed by atoms with Crippen molar-refractivity contribution in [3.63, 3.8) is 0 Å². The first kappa shape index (κ1) is 26.4. The smallest absolute Gasteiger partial charge is 0.219 e. The van der Waals surface area contributed by atoms with Gasteiger partial charge >= 0.3 is 0 Å². The average Bonchev–Trinajstić information content (AvgIpc) is 2.69. The van der Waals surface area contributed by atoms with E-state index in [2.05, 4.69) is 48.8 Å². The normalized spacial score (nSPS) is 11.4. The van der Waals surface area contributed by atoms with Crippen molar-refractivity contribution in [3.8, 4) is 0 Å². The Bertz CT molecular complexity index is 390. The average molecular weight is 393 g/mol. The van der Waals surface area contributed by atoms with Crippen LogP contribution in [0.3, 0.4) is 0 Å². The summed E-state index contributed by atoms with van der Waals surface area (Å²) in [6.07, 6.45) is 22.8. The number of amides is 2. The summed E-state index contributed by atoms with van der Waals surface area (Å²) in [6, 6.07) is 0. The summed E-state index contributed by atoms with van der Waals surface area (Å²) >= 11 is 0. The molecule has 0 heterocycles. The Morgan fingerprint density at radius 3 is 1.39 bits per heavy atom. The summed E-state index contributed by atoms with van der Waals surface area (Å²) in [4.78, 5) is 23.5. The first-order valence-electron chi connectivity index (χ1n) is 11.5. The minimum Gasteiger partial charge on any atom is -0.356 e. The highest BCUT2D eigenvalue weighted by molar-refractivity contribution is 5.77. The largest absolute Gasteiger partial charge is 0.356 e. The number of rotatable bonds is 19. The van der Waals surface area contributed by atoms with Gasteiger partial charge in [-0.3, -0.25) is 9.59 Å². The molecule has 0 aliphatic heterocycles. The van der Waals surface area contributed by atoms with Crippen LogP contribution in [0.5, 0.6) is 0 Å². The van der Waals surface area contributed by atoms with Crippen molar-refractivity contribution in [1.29, 1.82) is 0 Å². The second-order valence-corrected chi connectivity index (χ2v) is 7.36. The summed E-state index contributed by atoms with van der Waals surface area (Å²) in [7, 11) is 0. The Hall–Kier alpha value is -1.58. The highest BCUT2D eigenvalue weighted by Crippen LogP contribution is 2.03. The molecular formula is C24H44N2O2. The van der Waals surface area contributed by atoms with Crippen LogP contribution in [-0.4, -0.2) is 24.9 Å². The predicted octanol–water partition coefficient (Wildman–Crippen LogP) is 5.83. The van der Waals surface area contributed by atoms with E-state index in [1.807, 2.05) is 0 Å². The number of hydrogen-bond acceptors (Lipinski definition) is 2. The lowest BCUT2D eigenvalue weighted by Gasteiger charge is -2.06. The van der Waals surface area contributed by atoms with Crippen molar-refractivity contribution < 1.29 is 9.59 Å². The Labute approximate surface area is 173 Å². The van der Waals surface area contributed by atoms with E-state index >= 15 is 0 Å². The number of allylic oxidation sites excluding steroid dienone is 4. The molecule has 0 atom stereocenters. The van der Waals surface area contributed by atoms with Crippen LogP contribution in [0.4, 0.5) is 0 Å². The van der Waals surface area contributed by atoms with E-state index in [0.717, 1.165) is 77.3 Å². The van der Waals surface area contributed by atoms with Gasteiger partial charge in [0.05, 0.1) is 0 Å². The van der Waals surface area contributed by atoms with Gasteiger partial charge in [0.25, 0.3) is 0 Å². The van der Waals surface area contributed by atoms with Crippen molar-refractivity contribution in [2.75, 3.05) is 13.1 Å². The number of unbranched alkanes of at least 4 members (excludes halogenated alkanes) is 7. The first-order chi connectivity index (χ1) is 13.7. The molecule has 4 heteroatoms. The zero-order valence-corrected chi connectivity index (χ0v) is 18.4. The van der Waals surface area contributed by atoms with E-state index in [1.54, 1.807) is 0 Å². The molecule has 4 nitrogen and oxygen atoms in total. The molecule has 2 N–H and O–H groups in total. The fourth-order valence-corrected chi connectivity index (χ4v) is 2.90. The molecule has 0 aromatic heterocycles. The maximum absolute atomic E-state index is 11.8. The molecule has 28 heavy (non-hydrogen) atoms. The third-order valence-corrected chi connectivity index (χ3v) is 4.60. The van der Waals surface area contributed by atoms with Gasteiger partial charge in [0.2, 0.25) is 11.8 Å². The molecule has 0 aliphatic rings. The number of carbonyl (C=O) groups is 2. The molecule has 0 saturated carbocycles. The van der Waals surface area contributed by atoms with Gasteiger partial charge in [-0.2, -0.15) is 0 Å². The molecule has 0 saturated heterocycles. The maximum atomic E-state index is 11.8. The summed E-state index contributed by atoms with van der Waals surface area (Å²) in [5.41, 5.74) is 0. The summed E-state index contributed by atoms with van der Waals surface area (Å²) < 4.78 is 0. The number of carbonyl (C=O) groups excluding carboxylic acids is 2. The Morgan fingerprint density at radius 2 is 1.00 bits per heavy atom. The van der Waals surface area contributed by atoms with Crippen LogP contribution in [0.1, 0.15) is 104 Å². The molecule has 0 rings (SSSR count). The summed E-state index contributed by atoms with van der Waals surface area (Å²) in [5.74, 6) is 0.229. The molecule has 0 unspecified atom stereocenters. The monoisotopic (exact) mass is 392 g/mol. The summed E-state index contributed by atoms with van der Waals surface area (Å²) in [6.45, 7) is 5.83. The Balaban J connectivity index is 3.36. The molecule has 0 fully saturated rings. The zero-order chi connectivity index (χ0) is 20.7. The molecule has 0 bridgehead atoms. The first-order valence-corrected chi connectivity index (χ1v) is 11.5. The molecule has 162 valence electrons. The molecule has 0 radical (unpaired) electrons. The van der Waals surface area contributed by atoms with Gasteiger partial charge < -0.3 is 10.6 Å². The van der Waals surface area contributed by atoms with Gasteiger partial charge in [0.1, 0.15) is 0 Å². The second kappa shape index (κ2) is 21.7. The fourth-order valence-electron chi connectivity index (χ4n) is 2.90.